The van der Waals surface area contributed by atoms with Gasteiger partial charge < -0.3 is 15.0 Å². The van der Waals surface area contributed by atoms with E-state index in [-0.39, 0.29) is 0 Å². The minimum absolute atomic E-state index is 0.428. The highest BCUT2D eigenvalue weighted by atomic mass is 16.5. The van der Waals surface area contributed by atoms with Gasteiger partial charge in [0.2, 0.25) is 0 Å². The van der Waals surface area contributed by atoms with E-state index >= 15 is 0 Å². The molecule has 0 atom stereocenters. The lowest BCUT2D eigenvalue weighted by molar-refractivity contribution is 0.0346. The fraction of sp³-hybridized carbons (Fsp3) is 0.643. The lowest BCUT2D eigenvalue weighted by Crippen LogP contribution is -2.30. The molecule has 0 unspecified atom stereocenters. The molecule has 0 aromatic carbocycles. The number of imidazole rings is 1. The molecular weight excluding hydrogens is 254 g/mol. The van der Waals surface area contributed by atoms with Crippen LogP contribution in [0.25, 0.3) is 11.2 Å². The summed E-state index contributed by atoms with van der Waals surface area (Å²) in [6, 6.07) is 0.451. The number of hydrogen-bond acceptors (Lipinski definition) is 5. The molecule has 0 spiro atoms. The van der Waals surface area contributed by atoms with Crippen molar-refractivity contribution in [3.8, 4) is 0 Å². The van der Waals surface area contributed by atoms with Gasteiger partial charge in [-0.15, -0.1) is 0 Å². The van der Waals surface area contributed by atoms with E-state index in [9.17, 15) is 0 Å². The number of hydrogen-bond donors (Lipinski definition) is 2. The second kappa shape index (κ2) is 5.75. The normalized spacial score (nSPS) is 23.1. The van der Waals surface area contributed by atoms with E-state index in [1.807, 2.05) is 6.92 Å². The minimum Gasteiger partial charge on any atom is -0.379 e. The van der Waals surface area contributed by atoms with E-state index in [0.717, 1.165) is 55.1 Å². The fourth-order valence-electron chi connectivity index (χ4n) is 2.85. The topological polar surface area (TPSA) is 75.7 Å². The first kappa shape index (κ1) is 13.3. The Bertz CT molecular complexity index is 574. The quantitative estimate of drug-likeness (QED) is 0.896. The van der Waals surface area contributed by atoms with Crippen molar-refractivity contribution in [3.05, 3.63) is 12.2 Å². The Labute approximate surface area is 118 Å². The van der Waals surface area contributed by atoms with Crippen LogP contribution in [0.2, 0.25) is 0 Å². The second-order valence-corrected chi connectivity index (χ2v) is 5.29. The standard InChI is InChI=1S/C14H21N5O/c1-3-20-11-6-4-10(5-7-11)19-14-12-13(16-8-15-12)17-9(2)18-14/h8,10-11H,3-7H2,1-2H3,(H2,15,16,17,18,19). The fourth-order valence-corrected chi connectivity index (χ4v) is 2.85. The van der Waals surface area contributed by atoms with Crippen molar-refractivity contribution in [1.29, 1.82) is 0 Å². The number of aromatic nitrogens is 4. The number of aryl methyl sites for hydroxylation is 1. The number of H-pyrrole nitrogens is 1. The highest BCUT2D eigenvalue weighted by Gasteiger charge is 2.22. The molecule has 0 saturated heterocycles. The zero-order valence-corrected chi connectivity index (χ0v) is 12.0. The lowest BCUT2D eigenvalue weighted by atomic mass is 9.93. The first-order chi connectivity index (χ1) is 9.76. The molecule has 3 rings (SSSR count). The molecule has 6 nitrogen and oxygen atoms in total. The van der Waals surface area contributed by atoms with Crippen LogP contribution in [0.1, 0.15) is 38.4 Å². The van der Waals surface area contributed by atoms with Gasteiger partial charge >= 0.3 is 0 Å². The molecule has 1 saturated carbocycles. The third-order valence-corrected chi connectivity index (χ3v) is 3.81. The number of fused-ring (bicyclic) bond motifs is 1. The SMILES string of the molecule is CCOC1CCC(Nc2nc(C)nc3nc[nH]c23)CC1. The van der Waals surface area contributed by atoms with Gasteiger partial charge in [-0.2, -0.15) is 0 Å². The van der Waals surface area contributed by atoms with Crippen LogP contribution in [-0.2, 0) is 4.74 Å². The van der Waals surface area contributed by atoms with E-state index in [0.29, 0.717) is 12.1 Å². The molecule has 20 heavy (non-hydrogen) atoms. The largest absolute Gasteiger partial charge is 0.379 e. The summed E-state index contributed by atoms with van der Waals surface area (Å²) >= 11 is 0. The maximum atomic E-state index is 5.69. The number of nitrogens with one attached hydrogen (secondary N) is 2. The van der Waals surface area contributed by atoms with Crippen LogP contribution in [0.4, 0.5) is 5.82 Å². The number of nitrogens with zero attached hydrogens (tertiary/aromatic N) is 3. The van der Waals surface area contributed by atoms with Gasteiger partial charge in [0.1, 0.15) is 11.3 Å². The highest BCUT2D eigenvalue weighted by Crippen LogP contribution is 2.25. The van der Waals surface area contributed by atoms with E-state index < -0.39 is 0 Å². The molecule has 2 aromatic rings. The third-order valence-electron chi connectivity index (χ3n) is 3.81. The van der Waals surface area contributed by atoms with E-state index in [1.54, 1.807) is 6.33 Å². The number of rotatable bonds is 4. The summed E-state index contributed by atoms with van der Waals surface area (Å²) in [6.07, 6.45) is 6.55. The molecule has 2 aromatic heterocycles. The first-order valence-electron chi connectivity index (χ1n) is 7.32. The summed E-state index contributed by atoms with van der Waals surface area (Å²) in [7, 11) is 0. The van der Waals surface area contributed by atoms with Crippen molar-refractivity contribution >= 4 is 17.0 Å². The molecule has 2 N–H and O–H groups in total. The van der Waals surface area contributed by atoms with Crippen molar-refractivity contribution in [1.82, 2.24) is 19.9 Å². The molecule has 2 heterocycles. The van der Waals surface area contributed by atoms with Gasteiger partial charge in [-0.3, -0.25) is 0 Å². The average molecular weight is 275 g/mol. The molecule has 0 aliphatic heterocycles. The summed E-state index contributed by atoms with van der Waals surface area (Å²) in [5.74, 6) is 1.61. The van der Waals surface area contributed by atoms with E-state index in [2.05, 4.69) is 32.2 Å². The molecule has 0 bridgehead atoms. The van der Waals surface area contributed by atoms with Crippen LogP contribution in [0.15, 0.2) is 6.33 Å². The zero-order valence-electron chi connectivity index (χ0n) is 12.0. The summed E-state index contributed by atoms with van der Waals surface area (Å²) in [6.45, 7) is 4.76. The van der Waals surface area contributed by atoms with Crippen molar-refractivity contribution in [3.63, 3.8) is 0 Å². The molecule has 0 radical (unpaired) electrons. The zero-order chi connectivity index (χ0) is 13.9. The Morgan fingerprint density at radius 3 is 2.85 bits per heavy atom. The summed E-state index contributed by atoms with van der Waals surface area (Å²) in [5.41, 5.74) is 1.62. The van der Waals surface area contributed by atoms with Crippen LogP contribution in [-0.4, -0.2) is 38.7 Å². The van der Waals surface area contributed by atoms with Crippen LogP contribution in [0.3, 0.4) is 0 Å². The highest BCUT2D eigenvalue weighted by molar-refractivity contribution is 5.82. The Balaban J connectivity index is 1.69. The van der Waals surface area contributed by atoms with E-state index in [4.69, 9.17) is 4.74 Å². The maximum absolute atomic E-state index is 5.69. The van der Waals surface area contributed by atoms with Crippen LogP contribution >= 0.6 is 0 Å². The first-order valence-corrected chi connectivity index (χ1v) is 7.32. The van der Waals surface area contributed by atoms with E-state index in [1.165, 1.54) is 0 Å². The molecule has 108 valence electrons. The number of aromatic amines is 1. The van der Waals surface area contributed by atoms with Gasteiger partial charge in [-0.25, -0.2) is 15.0 Å². The summed E-state index contributed by atoms with van der Waals surface area (Å²) in [4.78, 5) is 16.1. The monoisotopic (exact) mass is 275 g/mol. The van der Waals surface area contributed by atoms with Gasteiger partial charge in [0.25, 0.3) is 0 Å². The summed E-state index contributed by atoms with van der Waals surface area (Å²) < 4.78 is 5.69. The number of anilines is 1. The molecule has 1 aliphatic carbocycles. The Kier molecular flexibility index (Phi) is 3.82. The molecule has 6 heteroatoms. The second-order valence-electron chi connectivity index (χ2n) is 5.29. The summed E-state index contributed by atoms with van der Waals surface area (Å²) in [5, 5.41) is 3.54. The van der Waals surface area contributed by atoms with Crippen molar-refractivity contribution in [2.24, 2.45) is 0 Å². The van der Waals surface area contributed by atoms with Crippen LogP contribution in [0.5, 0.6) is 0 Å². The van der Waals surface area contributed by atoms with Crippen LogP contribution in [0, 0.1) is 6.92 Å². The van der Waals surface area contributed by atoms with Crippen molar-refractivity contribution in [2.45, 2.75) is 51.7 Å². The van der Waals surface area contributed by atoms with Crippen LogP contribution < -0.4 is 5.32 Å². The van der Waals surface area contributed by atoms with Gasteiger partial charge in [-0.05, 0) is 39.5 Å². The number of ether oxygens (including phenoxy) is 1. The smallest absolute Gasteiger partial charge is 0.183 e. The maximum Gasteiger partial charge on any atom is 0.183 e. The Hall–Kier alpha value is -1.69. The third kappa shape index (κ3) is 2.75. The Morgan fingerprint density at radius 2 is 2.10 bits per heavy atom. The van der Waals surface area contributed by atoms with Crippen molar-refractivity contribution in [2.75, 3.05) is 11.9 Å². The predicted octanol–water partition coefficient (Wildman–Crippen LogP) is 2.42. The molecule has 1 aliphatic rings. The molecule has 1 fully saturated rings. The van der Waals surface area contributed by atoms with Gasteiger partial charge in [0, 0.05) is 12.6 Å². The average Bonchev–Trinajstić information content (AvgIpc) is 2.89. The minimum atomic E-state index is 0.428. The Morgan fingerprint density at radius 1 is 1.30 bits per heavy atom. The molecule has 0 amide bonds. The molecular formula is C14H21N5O. The van der Waals surface area contributed by atoms with Gasteiger partial charge in [-0.1, -0.05) is 0 Å². The van der Waals surface area contributed by atoms with Gasteiger partial charge in [0.15, 0.2) is 11.5 Å². The van der Waals surface area contributed by atoms with Crippen molar-refractivity contribution < 1.29 is 4.74 Å². The van der Waals surface area contributed by atoms with Gasteiger partial charge in [0.05, 0.1) is 12.4 Å². The lowest BCUT2D eigenvalue weighted by Gasteiger charge is -2.29. The predicted molar refractivity (Wildman–Crippen MR) is 77.7 cm³/mol.